The fourth-order valence-electron chi connectivity index (χ4n) is 1.69. The van der Waals surface area contributed by atoms with E-state index in [0.717, 1.165) is 15.8 Å². The number of rotatable bonds is 4. The first-order chi connectivity index (χ1) is 9.10. The van der Waals surface area contributed by atoms with Crippen LogP contribution in [0.2, 0.25) is 0 Å². The summed E-state index contributed by atoms with van der Waals surface area (Å²) in [4.78, 5) is 12.4. The highest BCUT2D eigenvalue weighted by Crippen LogP contribution is 2.33. The molecule has 0 heterocycles. The highest BCUT2D eigenvalue weighted by Gasteiger charge is 2.07. The van der Waals surface area contributed by atoms with Crippen molar-refractivity contribution in [2.75, 3.05) is 0 Å². The lowest BCUT2D eigenvalue weighted by Gasteiger charge is -2.08. The monoisotopic (exact) mass is 337 g/mol. The molecule has 98 valence electrons. The lowest BCUT2D eigenvalue weighted by Crippen LogP contribution is -1.88. The van der Waals surface area contributed by atoms with Crippen LogP contribution in [0.25, 0.3) is 0 Å². The van der Waals surface area contributed by atoms with Crippen LogP contribution in [-0.4, -0.2) is 4.92 Å². The molecule has 0 fully saturated rings. The number of halogens is 1. The van der Waals surface area contributed by atoms with Gasteiger partial charge in [0.1, 0.15) is 0 Å². The number of nitro benzene ring substituents is 1. The molecule has 0 aliphatic carbocycles. The van der Waals surface area contributed by atoms with Crippen LogP contribution in [0.1, 0.15) is 12.5 Å². The summed E-state index contributed by atoms with van der Waals surface area (Å²) in [6.07, 6.45) is 0.953. The van der Waals surface area contributed by atoms with Crippen LogP contribution >= 0.6 is 27.7 Å². The molecular weight excluding hydrogens is 326 g/mol. The minimum Gasteiger partial charge on any atom is -0.258 e. The first-order valence-electron chi connectivity index (χ1n) is 5.81. The van der Waals surface area contributed by atoms with Gasteiger partial charge in [0.15, 0.2) is 0 Å². The van der Waals surface area contributed by atoms with E-state index in [4.69, 9.17) is 0 Å². The molecule has 3 nitrogen and oxygen atoms in total. The van der Waals surface area contributed by atoms with E-state index in [0.29, 0.717) is 0 Å². The Morgan fingerprint density at radius 2 is 1.89 bits per heavy atom. The van der Waals surface area contributed by atoms with Crippen LogP contribution < -0.4 is 0 Å². The van der Waals surface area contributed by atoms with Crippen molar-refractivity contribution in [2.24, 2.45) is 0 Å². The Hall–Kier alpha value is -1.33. The smallest absolute Gasteiger partial charge is 0.258 e. The third kappa shape index (κ3) is 3.58. The lowest BCUT2D eigenvalue weighted by molar-refractivity contribution is -0.384. The second-order valence-electron chi connectivity index (χ2n) is 3.96. The van der Waals surface area contributed by atoms with Crippen molar-refractivity contribution in [1.29, 1.82) is 0 Å². The largest absolute Gasteiger partial charge is 0.269 e. The molecule has 0 saturated heterocycles. The van der Waals surface area contributed by atoms with E-state index in [1.165, 1.54) is 22.6 Å². The molecular formula is C14H12BrNO2S. The molecule has 5 heteroatoms. The topological polar surface area (TPSA) is 43.1 Å². The zero-order valence-electron chi connectivity index (χ0n) is 10.3. The minimum atomic E-state index is -0.383. The molecule has 0 bridgehead atoms. The van der Waals surface area contributed by atoms with Crippen molar-refractivity contribution in [3.8, 4) is 0 Å². The second kappa shape index (κ2) is 6.21. The average molecular weight is 338 g/mol. The summed E-state index contributed by atoms with van der Waals surface area (Å²) in [5.41, 5.74) is 1.38. The van der Waals surface area contributed by atoms with E-state index in [-0.39, 0.29) is 10.6 Å². The Morgan fingerprint density at radius 1 is 1.21 bits per heavy atom. The average Bonchev–Trinajstić information content (AvgIpc) is 2.41. The van der Waals surface area contributed by atoms with Crippen molar-refractivity contribution in [1.82, 2.24) is 0 Å². The third-order valence-corrected chi connectivity index (χ3v) is 4.30. The Morgan fingerprint density at radius 3 is 2.47 bits per heavy atom. The summed E-state index contributed by atoms with van der Waals surface area (Å²) in [7, 11) is 0. The fourth-order valence-corrected chi connectivity index (χ4v) is 3.09. The highest BCUT2D eigenvalue weighted by molar-refractivity contribution is 9.10. The molecule has 0 amide bonds. The van der Waals surface area contributed by atoms with Gasteiger partial charge in [0.25, 0.3) is 5.69 Å². The summed E-state index contributed by atoms with van der Waals surface area (Å²) >= 11 is 5.09. The van der Waals surface area contributed by atoms with Gasteiger partial charge in [-0.2, -0.15) is 0 Å². The Kier molecular flexibility index (Phi) is 4.61. The van der Waals surface area contributed by atoms with Crippen LogP contribution in [0.15, 0.2) is 56.7 Å². The van der Waals surface area contributed by atoms with E-state index in [1.54, 1.807) is 23.9 Å². The van der Waals surface area contributed by atoms with E-state index in [2.05, 4.69) is 35.0 Å². The maximum atomic E-state index is 10.6. The Bertz CT molecular complexity index is 599. The predicted octanol–water partition coefficient (Wildman–Crippen LogP) is 5.07. The normalized spacial score (nSPS) is 10.4. The number of hydrogen-bond acceptors (Lipinski definition) is 3. The molecule has 0 aliphatic rings. The van der Waals surface area contributed by atoms with Crippen LogP contribution in [0, 0.1) is 10.1 Å². The number of benzene rings is 2. The molecule has 0 aromatic heterocycles. The van der Waals surface area contributed by atoms with E-state index in [9.17, 15) is 10.1 Å². The summed E-state index contributed by atoms with van der Waals surface area (Å²) in [6.45, 7) is 2.11. The Balaban J connectivity index is 2.23. The number of aryl methyl sites for hydroxylation is 1. The quantitative estimate of drug-likeness (QED) is 0.577. The molecule has 2 aromatic rings. The highest BCUT2D eigenvalue weighted by atomic mass is 79.9. The molecule has 2 aromatic carbocycles. The first kappa shape index (κ1) is 14.1. The SMILES string of the molecule is CCc1cc(Br)ccc1Sc1ccc([N+](=O)[O-])cc1. The molecule has 0 N–H and O–H groups in total. The van der Waals surface area contributed by atoms with E-state index in [1.807, 2.05) is 6.07 Å². The van der Waals surface area contributed by atoms with Gasteiger partial charge in [-0.15, -0.1) is 0 Å². The van der Waals surface area contributed by atoms with Gasteiger partial charge in [-0.3, -0.25) is 10.1 Å². The molecule has 0 atom stereocenters. The minimum absolute atomic E-state index is 0.121. The molecule has 0 saturated carbocycles. The summed E-state index contributed by atoms with van der Waals surface area (Å²) in [5.74, 6) is 0. The van der Waals surface area contributed by atoms with Gasteiger partial charge in [0, 0.05) is 26.4 Å². The summed E-state index contributed by atoms with van der Waals surface area (Å²) < 4.78 is 1.07. The van der Waals surface area contributed by atoms with Gasteiger partial charge in [-0.25, -0.2) is 0 Å². The summed E-state index contributed by atoms with van der Waals surface area (Å²) in [6, 6.07) is 12.8. The molecule has 2 rings (SSSR count). The van der Waals surface area contributed by atoms with Gasteiger partial charge < -0.3 is 0 Å². The van der Waals surface area contributed by atoms with Gasteiger partial charge in [-0.05, 0) is 42.3 Å². The van der Waals surface area contributed by atoms with Gasteiger partial charge >= 0.3 is 0 Å². The number of nitro groups is 1. The lowest BCUT2D eigenvalue weighted by atomic mass is 10.2. The van der Waals surface area contributed by atoms with Crippen LogP contribution in [-0.2, 0) is 6.42 Å². The van der Waals surface area contributed by atoms with E-state index < -0.39 is 0 Å². The molecule has 0 unspecified atom stereocenters. The van der Waals surface area contributed by atoms with Crippen LogP contribution in [0.3, 0.4) is 0 Å². The van der Waals surface area contributed by atoms with Crippen molar-refractivity contribution < 1.29 is 4.92 Å². The molecule has 0 radical (unpaired) electrons. The van der Waals surface area contributed by atoms with E-state index >= 15 is 0 Å². The van der Waals surface area contributed by atoms with Gasteiger partial charge in [-0.1, -0.05) is 34.6 Å². The van der Waals surface area contributed by atoms with Crippen LogP contribution in [0.5, 0.6) is 0 Å². The predicted molar refractivity (Wildman–Crippen MR) is 80.7 cm³/mol. The van der Waals surface area contributed by atoms with Crippen molar-refractivity contribution in [3.63, 3.8) is 0 Å². The van der Waals surface area contributed by atoms with Crippen molar-refractivity contribution in [2.45, 2.75) is 23.1 Å². The zero-order valence-corrected chi connectivity index (χ0v) is 12.7. The van der Waals surface area contributed by atoms with Gasteiger partial charge in [0.05, 0.1) is 4.92 Å². The third-order valence-electron chi connectivity index (χ3n) is 2.68. The maximum Gasteiger partial charge on any atom is 0.269 e. The number of nitrogens with zero attached hydrogens (tertiary/aromatic N) is 1. The van der Waals surface area contributed by atoms with Crippen LogP contribution in [0.4, 0.5) is 5.69 Å². The zero-order chi connectivity index (χ0) is 13.8. The molecule has 0 aliphatic heterocycles. The second-order valence-corrected chi connectivity index (χ2v) is 5.99. The standard InChI is InChI=1S/C14H12BrNO2S/c1-2-10-9-11(15)3-8-14(10)19-13-6-4-12(5-7-13)16(17)18/h3-9H,2H2,1H3. The molecule has 19 heavy (non-hydrogen) atoms. The number of non-ortho nitro benzene ring substituents is 1. The summed E-state index contributed by atoms with van der Waals surface area (Å²) in [5, 5.41) is 10.6. The molecule has 0 spiro atoms. The van der Waals surface area contributed by atoms with Crippen molar-refractivity contribution in [3.05, 3.63) is 62.6 Å². The van der Waals surface area contributed by atoms with Gasteiger partial charge in [0.2, 0.25) is 0 Å². The fraction of sp³-hybridized carbons (Fsp3) is 0.143. The maximum absolute atomic E-state index is 10.6. The number of hydrogen-bond donors (Lipinski definition) is 0. The Labute approximate surface area is 124 Å². The first-order valence-corrected chi connectivity index (χ1v) is 7.42. The van der Waals surface area contributed by atoms with Crippen molar-refractivity contribution >= 4 is 33.4 Å².